The van der Waals surface area contributed by atoms with Crippen molar-refractivity contribution in [2.24, 2.45) is 5.92 Å². The van der Waals surface area contributed by atoms with Gasteiger partial charge in [0.1, 0.15) is 5.75 Å². The van der Waals surface area contributed by atoms with Crippen molar-refractivity contribution >= 4 is 5.91 Å². The first-order chi connectivity index (χ1) is 10.6. The number of methoxy groups -OCH3 is 1. The minimum atomic E-state index is -0.101. The summed E-state index contributed by atoms with van der Waals surface area (Å²) in [5.74, 6) is 0.874. The summed E-state index contributed by atoms with van der Waals surface area (Å²) in [6.45, 7) is 5.59. The number of aliphatic hydroxyl groups is 1. The molecule has 0 aromatic heterocycles. The number of aryl methyl sites for hydroxylation is 1. The van der Waals surface area contributed by atoms with E-state index in [0.717, 1.165) is 38.0 Å². The van der Waals surface area contributed by atoms with Gasteiger partial charge in [0.25, 0.3) is 5.91 Å². The number of carbonyl (C=O) groups is 1. The molecule has 1 fully saturated rings. The van der Waals surface area contributed by atoms with Gasteiger partial charge in [0.05, 0.1) is 12.7 Å². The number of rotatable bonds is 6. The molecule has 0 unspecified atom stereocenters. The van der Waals surface area contributed by atoms with Crippen LogP contribution in [0.25, 0.3) is 0 Å². The van der Waals surface area contributed by atoms with Crippen molar-refractivity contribution in [3.63, 3.8) is 0 Å². The fourth-order valence-electron chi connectivity index (χ4n) is 2.93. The van der Waals surface area contributed by atoms with Crippen molar-refractivity contribution in [3.05, 3.63) is 29.3 Å². The number of hydrogen-bond donors (Lipinski definition) is 2. The van der Waals surface area contributed by atoms with Gasteiger partial charge in [0.15, 0.2) is 0 Å². The van der Waals surface area contributed by atoms with E-state index in [2.05, 4.69) is 10.2 Å². The number of amides is 1. The monoisotopic (exact) mass is 306 g/mol. The summed E-state index contributed by atoms with van der Waals surface area (Å²) in [5, 5.41) is 12.2. The zero-order chi connectivity index (χ0) is 15.9. The van der Waals surface area contributed by atoms with Crippen molar-refractivity contribution < 1.29 is 14.6 Å². The van der Waals surface area contributed by atoms with Gasteiger partial charge in [-0.2, -0.15) is 0 Å². The summed E-state index contributed by atoms with van der Waals surface area (Å²) in [7, 11) is 1.57. The Kier molecular flexibility index (Phi) is 6.21. The first kappa shape index (κ1) is 16.8. The molecule has 1 aromatic rings. The van der Waals surface area contributed by atoms with Crippen LogP contribution in [0.4, 0.5) is 0 Å². The number of ether oxygens (including phenoxy) is 1. The third kappa shape index (κ3) is 4.45. The maximum atomic E-state index is 12.3. The highest BCUT2D eigenvalue weighted by molar-refractivity contribution is 5.97. The van der Waals surface area contributed by atoms with E-state index in [1.165, 1.54) is 0 Å². The Morgan fingerprint density at radius 1 is 1.50 bits per heavy atom. The highest BCUT2D eigenvalue weighted by atomic mass is 16.5. The van der Waals surface area contributed by atoms with Gasteiger partial charge in [0.2, 0.25) is 0 Å². The van der Waals surface area contributed by atoms with Gasteiger partial charge in [-0.05, 0) is 44.4 Å². The Morgan fingerprint density at radius 2 is 2.32 bits per heavy atom. The van der Waals surface area contributed by atoms with Crippen LogP contribution >= 0.6 is 0 Å². The van der Waals surface area contributed by atoms with Crippen LogP contribution in [0.15, 0.2) is 18.2 Å². The highest BCUT2D eigenvalue weighted by Gasteiger charge is 2.19. The summed E-state index contributed by atoms with van der Waals surface area (Å²) in [5.41, 5.74) is 1.61. The molecule has 1 atom stereocenters. The average Bonchev–Trinajstić information content (AvgIpc) is 2.55. The lowest BCUT2D eigenvalue weighted by atomic mass is 9.99. The van der Waals surface area contributed by atoms with Crippen molar-refractivity contribution in [2.75, 3.05) is 39.9 Å². The minimum Gasteiger partial charge on any atom is -0.496 e. The summed E-state index contributed by atoms with van der Waals surface area (Å²) in [6, 6.07) is 5.59. The third-order valence-corrected chi connectivity index (χ3v) is 4.17. The standard InChI is InChI=1S/C17H26N2O3/c1-13-5-6-16(22-2)15(10-13)17(21)18-7-9-19-8-3-4-14(11-19)12-20/h5-6,10,14,20H,3-4,7-9,11-12H2,1-2H3,(H,18,21)/t14-/m0/s1. The lowest BCUT2D eigenvalue weighted by molar-refractivity contribution is 0.0927. The number of hydrogen-bond acceptors (Lipinski definition) is 4. The third-order valence-electron chi connectivity index (χ3n) is 4.17. The van der Waals surface area contributed by atoms with Crippen molar-refractivity contribution in [1.82, 2.24) is 10.2 Å². The van der Waals surface area contributed by atoms with Gasteiger partial charge >= 0.3 is 0 Å². The first-order valence-corrected chi connectivity index (χ1v) is 7.90. The number of aliphatic hydroxyl groups excluding tert-OH is 1. The molecule has 5 heteroatoms. The van der Waals surface area contributed by atoms with Crippen LogP contribution in [0.2, 0.25) is 0 Å². The molecular formula is C17H26N2O3. The smallest absolute Gasteiger partial charge is 0.255 e. The molecule has 122 valence electrons. The lowest BCUT2D eigenvalue weighted by Gasteiger charge is -2.31. The van der Waals surface area contributed by atoms with Crippen molar-refractivity contribution in [3.8, 4) is 5.75 Å². The summed E-state index contributed by atoms with van der Waals surface area (Å²) >= 11 is 0. The maximum absolute atomic E-state index is 12.3. The molecule has 22 heavy (non-hydrogen) atoms. The topological polar surface area (TPSA) is 61.8 Å². The molecule has 1 aromatic carbocycles. The number of piperidine rings is 1. The predicted molar refractivity (Wildman–Crippen MR) is 86.3 cm³/mol. The Bertz CT molecular complexity index is 505. The molecule has 0 spiro atoms. The van der Waals surface area contributed by atoms with Gasteiger partial charge in [-0.3, -0.25) is 4.79 Å². The molecule has 2 N–H and O–H groups in total. The minimum absolute atomic E-state index is 0.101. The van der Waals surface area contributed by atoms with Crippen LogP contribution in [0.3, 0.4) is 0 Å². The number of nitrogens with one attached hydrogen (secondary N) is 1. The normalized spacial score (nSPS) is 19.0. The molecule has 0 radical (unpaired) electrons. The maximum Gasteiger partial charge on any atom is 0.255 e. The van der Waals surface area contributed by atoms with Crippen molar-refractivity contribution in [2.45, 2.75) is 19.8 Å². The highest BCUT2D eigenvalue weighted by Crippen LogP contribution is 2.19. The number of benzene rings is 1. The number of nitrogens with zero attached hydrogens (tertiary/aromatic N) is 1. The molecular weight excluding hydrogens is 280 g/mol. The second-order valence-electron chi connectivity index (χ2n) is 5.95. The Labute approximate surface area is 132 Å². The molecule has 0 saturated carbocycles. The van der Waals surface area contributed by atoms with Gasteiger partial charge < -0.3 is 20.1 Å². The molecule has 1 aliphatic rings. The first-order valence-electron chi connectivity index (χ1n) is 7.90. The van der Waals surface area contributed by atoms with Crippen LogP contribution < -0.4 is 10.1 Å². The summed E-state index contributed by atoms with van der Waals surface area (Å²) < 4.78 is 5.25. The quantitative estimate of drug-likeness (QED) is 0.835. The second-order valence-corrected chi connectivity index (χ2v) is 5.95. The number of likely N-dealkylation sites (tertiary alicyclic amines) is 1. The van der Waals surface area contributed by atoms with E-state index in [-0.39, 0.29) is 12.5 Å². The molecule has 1 heterocycles. The van der Waals surface area contributed by atoms with E-state index in [9.17, 15) is 9.90 Å². The van der Waals surface area contributed by atoms with Crippen molar-refractivity contribution in [1.29, 1.82) is 0 Å². The van der Waals surface area contributed by atoms with E-state index in [1.54, 1.807) is 7.11 Å². The molecule has 2 rings (SSSR count). The van der Waals surface area contributed by atoms with E-state index in [1.807, 2.05) is 25.1 Å². The van der Waals surface area contributed by atoms with E-state index >= 15 is 0 Å². The van der Waals surface area contributed by atoms with Gasteiger partial charge in [-0.1, -0.05) is 11.6 Å². The van der Waals surface area contributed by atoms with E-state index < -0.39 is 0 Å². The number of carbonyl (C=O) groups excluding carboxylic acids is 1. The van der Waals surface area contributed by atoms with Crippen LogP contribution in [-0.2, 0) is 0 Å². The van der Waals surface area contributed by atoms with E-state index in [4.69, 9.17) is 4.74 Å². The average molecular weight is 306 g/mol. The van der Waals surface area contributed by atoms with Crippen LogP contribution in [-0.4, -0.2) is 55.8 Å². The molecule has 5 nitrogen and oxygen atoms in total. The zero-order valence-corrected chi connectivity index (χ0v) is 13.5. The van der Waals surface area contributed by atoms with Crippen LogP contribution in [0, 0.1) is 12.8 Å². The summed E-state index contributed by atoms with van der Waals surface area (Å²) in [4.78, 5) is 14.6. The summed E-state index contributed by atoms with van der Waals surface area (Å²) in [6.07, 6.45) is 2.21. The van der Waals surface area contributed by atoms with Gasteiger partial charge in [0, 0.05) is 26.2 Å². The molecule has 1 saturated heterocycles. The van der Waals surface area contributed by atoms with Crippen LogP contribution in [0.1, 0.15) is 28.8 Å². The Morgan fingerprint density at radius 3 is 3.05 bits per heavy atom. The molecule has 0 aliphatic carbocycles. The molecule has 1 aliphatic heterocycles. The zero-order valence-electron chi connectivity index (χ0n) is 13.5. The lowest BCUT2D eigenvalue weighted by Crippen LogP contribution is -2.41. The van der Waals surface area contributed by atoms with Gasteiger partial charge in [-0.25, -0.2) is 0 Å². The largest absolute Gasteiger partial charge is 0.496 e. The Balaban J connectivity index is 1.84. The van der Waals surface area contributed by atoms with E-state index in [0.29, 0.717) is 23.8 Å². The molecule has 0 bridgehead atoms. The molecule has 1 amide bonds. The fraction of sp³-hybridized carbons (Fsp3) is 0.588. The predicted octanol–water partition coefficient (Wildman–Crippen LogP) is 1.44. The fourth-order valence-corrected chi connectivity index (χ4v) is 2.93. The van der Waals surface area contributed by atoms with Gasteiger partial charge in [-0.15, -0.1) is 0 Å². The SMILES string of the molecule is COc1ccc(C)cc1C(=O)NCCN1CCC[C@H](CO)C1. The van der Waals surface area contributed by atoms with Crippen LogP contribution in [0.5, 0.6) is 5.75 Å². The second kappa shape index (κ2) is 8.15. The Hall–Kier alpha value is -1.59.